The minimum absolute atomic E-state index is 0.106. The van der Waals surface area contributed by atoms with Crippen LogP contribution in [0, 0.1) is 11.3 Å². The third-order valence-electron chi connectivity index (χ3n) is 3.10. The van der Waals surface area contributed by atoms with E-state index in [0.717, 1.165) is 5.75 Å². The van der Waals surface area contributed by atoms with Gasteiger partial charge in [0.25, 0.3) is 0 Å². The van der Waals surface area contributed by atoms with Gasteiger partial charge >= 0.3 is 5.97 Å². The molecular formula is C19H19NO5. The van der Waals surface area contributed by atoms with E-state index in [1.54, 1.807) is 36.4 Å². The van der Waals surface area contributed by atoms with Crippen molar-refractivity contribution in [2.45, 2.75) is 6.92 Å². The molecule has 0 saturated carbocycles. The number of hydrogen-bond donors (Lipinski definition) is 0. The predicted octanol–water partition coefficient (Wildman–Crippen LogP) is 2.96. The molecule has 25 heavy (non-hydrogen) atoms. The number of nitriles is 1. The Kier molecular flexibility index (Phi) is 7.13. The number of nitrogens with zero attached hydrogens (tertiary/aromatic N) is 1. The van der Waals surface area contributed by atoms with Gasteiger partial charge < -0.3 is 18.9 Å². The van der Waals surface area contributed by atoms with E-state index in [0.29, 0.717) is 23.7 Å². The van der Waals surface area contributed by atoms with Gasteiger partial charge in [-0.2, -0.15) is 5.26 Å². The smallest absolute Gasteiger partial charge is 0.344 e. The van der Waals surface area contributed by atoms with Crippen LogP contribution in [0.5, 0.6) is 17.2 Å². The van der Waals surface area contributed by atoms with Crippen molar-refractivity contribution in [3.63, 3.8) is 0 Å². The van der Waals surface area contributed by atoms with Gasteiger partial charge in [-0.05, 0) is 43.3 Å². The maximum atomic E-state index is 11.6. The van der Waals surface area contributed by atoms with Crippen LogP contribution >= 0.6 is 0 Å². The summed E-state index contributed by atoms with van der Waals surface area (Å²) in [5.74, 6) is 1.27. The summed E-state index contributed by atoms with van der Waals surface area (Å²) in [6.45, 7) is 2.60. The summed E-state index contributed by atoms with van der Waals surface area (Å²) >= 11 is 0. The molecule has 0 fully saturated rings. The van der Waals surface area contributed by atoms with Gasteiger partial charge in [-0.3, -0.25) is 0 Å². The lowest BCUT2D eigenvalue weighted by Gasteiger charge is -2.09. The van der Waals surface area contributed by atoms with Gasteiger partial charge in [0.1, 0.15) is 36.5 Å². The Morgan fingerprint density at radius 1 is 0.960 bits per heavy atom. The summed E-state index contributed by atoms with van der Waals surface area (Å²) in [4.78, 5) is 11.6. The van der Waals surface area contributed by atoms with Gasteiger partial charge in [-0.1, -0.05) is 12.1 Å². The van der Waals surface area contributed by atoms with Gasteiger partial charge in [-0.25, -0.2) is 4.79 Å². The topological polar surface area (TPSA) is 77.8 Å². The molecule has 130 valence electrons. The van der Waals surface area contributed by atoms with Crippen molar-refractivity contribution in [3.8, 4) is 23.3 Å². The van der Waals surface area contributed by atoms with E-state index in [1.807, 2.05) is 25.1 Å². The Labute approximate surface area is 146 Å². The number of ether oxygens (including phenoxy) is 4. The second kappa shape index (κ2) is 9.83. The Bertz CT molecular complexity index is 721. The van der Waals surface area contributed by atoms with Crippen LogP contribution in [0.2, 0.25) is 0 Å². The molecule has 0 aliphatic heterocycles. The second-order valence-corrected chi connectivity index (χ2v) is 4.87. The van der Waals surface area contributed by atoms with Gasteiger partial charge in [0.05, 0.1) is 12.2 Å². The van der Waals surface area contributed by atoms with Crippen molar-refractivity contribution in [1.82, 2.24) is 0 Å². The third kappa shape index (κ3) is 6.07. The molecule has 0 atom stereocenters. The second-order valence-electron chi connectivity index (χ2n) is 4.87. The van der Waals surface area contributed by atoms with E-state index in [9.17, 15) is 4.79 Å². The molecule has 2 rings (SSSR count). The zero-order valence-corrected chi connectivity index (χ0v) is 13.9. The highest BCUT2D eigenvalue weighted by molar-refractivity contribution is 5.71. The zero-order valence-electron chi connectivity index (χ0n) is 13.9. The number of rotatable bonds is 9. The summed E-state index contributed by atoms with van der Waals surface area (Å²) in [6, 6.07) is 15.9. The van der Waals surface area contributed by atoms with Crippen LogP contribution in [-0.4, -0.2) is 32.4 Å². The number of para-hydroxylation sites is 1. The number of hydrogen-bond acceptors (Lipinski definition) is 6. The van der Waals surface area contributed by atoms with Gasteiger partial charge in [0.15, 0.2) is 6.61 Å². The molecule has 2 aromatic rings. The molecule has 0 bridgehead atoms. The standard InChI is InChI=1S/C19H19NO5/c1-2-22-16-7-9-17(10-8-16)23-11-12-24-19(21)14-25-18-6-4-3-5-15(18)13-20/h3-10H,2,11-12,14H2,1H3. The molecule has 0 aromatic heterocycles. The van der Waals surface area contributed by atoms with Crippen molar-refractivity contribution < 1.29 is 23.7 Å². The van der Waals surface area contributed by atoms with Crippen LogP contribution < -0.4 is 14.2 Å². The fourth-order valence-corrected chi connectivity index (χ4v) is 1.98. The van der Waals surface area contributed by atoms with Crippen LogP contribution in [0.25, 0.3) is 0 Å². The lowest BCUT2D eigenvalue weighted by atomic mass is 10.2. The van der Waals surface area contributed by atoms with Crippen LogP contribution in [0.3, 0.4) is 0 Å². The zero-order chi connectivity index (χ0) is 17.9. The highest BCUT2D eigenvalue weighted by Gasteiger charge is 2.07. The number of carbonyl (C=O) groups is 1. The molecule has 6 nitrogen and oxygen atoms in total. The average molecular weight is 341 g/mol. The minimum atomic E-state index is -0.525. The van der Waals surface area contributed by atoms with Gasteiger partial charge in [-0.15, -0.1) is 0 Å². The summed E-state index contributed by atoms with van der Waals surface area (Å²) in [5.41, 5.74) is 0.370. The van der Waals surface area contributed by atoms with Crippen LogP contribution in [0.1, 0.15) is 12.5 Å². The summed E-state index contributed by atoms with van der Waals surface area (Å²) in [6.07, 6.45) is 0. The van der Waals surface area contributed by atoms with E-state index >= 15 is 0 Å². The van der Waals surface area contributed by atoms with Crippen LogP contribution in [0.15, 0.2) is 48.5 Å². The molecule has 6 heteroatoms. The van der Waals surface area contributed by atoms with Crippen molar-refractivity contribution in [3.05, 3.63) is 54.1 Å². The monoisotopic (exact) mass is 341 g/mol. The van der Waals surface area contributed by atoms with Gasteiger partial charge in [0, 0.05) is 0 Å². The first-order valence-corrected chi connectivity index (χ1v) is 7.86. The fourth-order valence-electron chi connectivity index (χ4n) is 1.98. The number of benzene rings is 2. The normalized spacial score (nSPS) is 9.76. The molecule has 0 amide bonds. The van der Waals surface area contributed by atoms with Crippen LogP contribution in [-0.2, 0) is 9.53 Å². The molecular weight excluding hydrogens is 322 g/mol. The molecule has 0 aliphatic carbocycles. The lowest BCUT2D eigenvalue weighted by molar-refractivity contribution is -0.146. The molecule has 0 spiro atoms. The molecule has 0 unspecified atom stereocenters. The Morgan fingerprint density at radius 3 is 2.32 bits per heavy atom. The molecule has 0 saturated heterocycles. The van der Waals surface area contributed by atoms with E-state index in [4.69, 9.17) is 24.2 Å². The Hall–Kier alpha value is -3.20. The summed E-state index contributed by atoms with van der Waals surface area (Å²) in [7, 11) is 0. The van der Waals surface area contributed by atoms with E-state index in [1.165, 1.54) is 0 Å². The highest BCUT2D eigenvalue weighted by Crippen LogP contribution is 2.18. The maximum absolute atomic E-state index is 11.6. The Balaban J connectivity index is 1.66. The van der Waals surface area contributed by atoms with Gasteiger partial charge in [0.2, 0.25) is 0 Å². The number of esters is 1. The lowest BCUT2D eigenvalue weighted by Crippen LogP contribution is -2.18. The number of carbonyl (C=O) groups excluding carboxylic acids is 1. The molecule has 0 radical (unpaired) electrons. The summed E-state index contributed by atoms with van der Waals surface area (Å²) in [5, 5.41) is 8.94. The average Bonchev–Trinajstić information content (AvgIpc) is 2.65. The van der Waals surface area contributed by atoms with Crippen molar-refractivity contribution >= 4 is 5.97 Å². The Morgan fingerprint density at radius 2 is 1.64 bits per heavy atom. The molecule has 2 aromatic carbocycles. The van der Waals surface area contributed by atoms with Crippen LogP contribution in [0.4, 0.5) is 0 Å². The van der Waals surface area contributed by atoms with Crippen molar-refractivity contribution in [2.75, 3.05) is 26.4 Å². The van der Waals surface area contributed by atoms with E-state index in [-0.39, 0.29) is 19.8 Å². The maximum Gasteiger partial charge on any atom is 0.344 e. The molecule has 0 heterocycles. The largest absolute Gasteiger partial charge is 0.494 e. The fraction of sp³-hybridized carbons (Fsp3) is 0.263. The molecule has 0 N–H and O–H groups in total. The SMILES string of the molecule is CCOc1ccc(OCCOC(=O)COc2ccccc2C#N)cc1. The first kappa shape index (κ1) is 18.1. The first-order valence-electron chi connectivity index (χ1n) is 7.86. The summed E-state index contributed by atoms with van der Waals surface area (Å²) < 4.78 is 21.1. The van der Waals surface area contributed by atoms with Crippen molar-refractivity contribution in [2.24, 2.45) is 0 Å². The third-order valence-corrected chi connectivity index (χ3v) is 3.10. The van der Waals surface area contributed by atoms with Crippen molar-refractivity contribution in [1.29, 1.82) is 5.26 Å². The predicted molar refractivity (Wildman–Crippen MR) is 90.7 cm³/mol. The minimum Gasteiger partial charge on any atom is -0.494 e. The first-order chi connectivity index (χ1) is 12.2. The highest BCUT2D eigenvalue weighted by atomic mass is 16.6. The quantitative estimate of drug-likeness (QED) is 0.515. The van der Waals surface area contributed by atoms with E-state index in [2.05, 4.69) is 0 Å². The molecule has 0 aliphatic rings. The van der Waals surface area contributed by atoms with E-state index < -0.39 is 5.97 Å².